The van der Waals surface area contributed by atoms with Crippen molar-refractivity contribution in [3.05, 3.63) is 59.6 Å². The normalized spacial score (nSPS) is 20.9. The van der Waals surface area contributed by atoms with Crippen LogP contribution in [-0.2, 0) is 11.2 Å². The molecule has 4 rings (SSSR count). The van der Waals surface area contributed by atoms with E-state index in [-0.39, 0.29) is 48.8 Å². The number of nitrogens with zero attached hydrogens (tertiary/aromatic N) is 4. The summed E-state index contributed by atoms with van der Waals surface area (Å²) in [6.07, 6.45) is 10.3. The van der Waals surface area contributed by atoms with Crippen LogP contribution in [0.3, 0.4) is 0 Å². The summed E-state index contributed by atoms with van der Waals surface area (Å²) in [5, 5.41) is 9.85. The minimum absolute atomic E-state index is 0.0255. The number of aromatic nitrogens is 2. The molecule has 35 heavy (non-hydrogen) atoms. The summed E-state index contributed by atoms with van der Waals surface area (Å²) in [5.74, 6) is -0.0281. The Kier molecular flexibility index (Phi) is 7.80. The third-order valence-corrected chi connectivity index (χ3v) is 6.92. The van der Waals surface area contributed by atoms with Gasteiger partial charge in [-0.25, -0.2) is 4.98 Å². The van der Waals surface area contributed by atoms with E-state index in [4.69, 9.17) is 4.74 Å². The number of aliphatic hydroxyl groups is 1. The van der Waals surface area contributed by atoms with Crippen LogP contribution in [0.2, 0.25) is 0 Å². The highest BCUT2D eigenvalue weighted by molar-refractivity contribution is 5.97. The molecule has 0 saturated heterocycles. The minimum atomic E-state index is -0.370. The van der Waals surface area contributed by atoms with Crippen molar-refractivity contribution in [2.24, 2.45) is 5.92 Å². The predicted octanol–water partition coefficient (Wildman–Crippen LogP) is 2.97. The van der Waals surface area contributed by atoms with E-state index >= 15 is 0 Å². The van der Waals surface area contributed by atoms with E-state index < -0.39 is 0 Å². The van der Waals surface area contributed by atoms with Crippen LogP contribution in [-0.4, -0.2) is 75.6 Å². The SMILES string of the molecule is C[C@@H]1CN([C@@H](C)CO)C(=O)c2cc(C3=CCCC3)cnc2O[C@@H]1CN(C)C(=O)Cc1ccncc1. The molecule has 1 N–H and O–H groups in total. The molecule has 0 bridgehead atoms. The summed E-state index contributed by atoms with van der Waals surface area (Å²) >= 11 is 0. The standard InChI is InChI=1S/C27H34N4O4/c1-18-15-31(19(2)17-32)27(34)23-13-22(21-6-4-5-7-21)14-29-26(23)35-24(18)16-30(3)25(33)12-20-8-10-28-11-9-20/h6,8-11,13-14,18-19,24,32H,4-5,7,12,15-17H2,1-3H3/t18-,19+,24-/m1/s1. The molecule has 0 spiro atoms. The first kappa shape index (κ1) is 24.9. The maximum absolute atomic E-state index is 13.5. The Morgan fingerprint density at radius 3 is 2.80 bits per heavy atom. The van der Waals surface area contributed by atoms with Crippen LogP contribution >= 0.6 is 0 Å². The fourth-order valence-electron chi connectivity index (χ4n) is 4.61. The van der Waals surface area contributed by atoms with Crippen LogP contribution in [0.5, 0.6) is 5.88 Å². The van der Waals surface area contributed by atoms with Crippen LogP contribution in [0.4, 0.5) is 0 Å². The molecule has 3 atom stereocenters. The first-order valence-corrected chi connectivity index (χ1v) is 12.3. The van der Waals surface area contributed by atoms with E-state index in [1.165, 1.54) is 5.57 Å². The van der Waals surface area contributed by atoms with E-state index in [1.54, 1.807) is 35.4 Å². The zero-order valence-electron chi connectivity index (χ0n) is 20.7. The molecule has 8 heteroatoms. The fraction of sp³-hybridized carbons (Fsp3) is 0.481. The second-order valence-electron chi connectivity index (χ2n) is 9.63. The largest absolute Gasteiger partial charge is 0.472 e. The number of pyridine rings is 2. The molecule has 2 aromatic heterocycles. The number of carbonyl (C=O) groups excluding carboxylic acids is 2. The number of rotatable bonds is 7. The smallest absolute Gasteiger partial charge is 0.259 e. The molecule has 0 aromatic carbocycles. The summed E-state index contributed by atoms with van der Waals surface area (Å²) < 4.78 is 6.33. The summed E-state index contributed by atoms with van der Waals surface area (Å²) in [7, 11) is 1.77. The molecule has 2 aromatic rings. The number of ether oxygens (including phenoxy) is 1. The lowest BCUT2D eigenvalue weighted by molar-refractivity contribution is -0.130. The molecule has 0 radical (unpaired) electrons. The van der Waals surface area contributed by atoms with Gasteiger partial charge in [-0.15, -0.1) is 0 Å². The summed E-state index contributed by atoms with van der Waals surface area (Å²) in [4.78, 5) is 38.4. The number of hydrogen-bond donors (Lipinski definition) is 1. The Morgan fingerprint density at radius 1 is 1.34 bits per heavy atom. The highest BCUT2D eigenvalue weighted by atomic mass is 16.5. The second kappa shape index (κ2) is 11.0. The average molecular weight is 479 g/mol. The number of aliphatic hydroxyl groups excluding tert-OH is 1. The van der Waals surface area contributed by atoms with Gasteiger partial charge in [-0.1, -0.05) is 13.0 Å². The van der Waals surface area contributed by atoms with Gasteiger partial charge in [0.15, 0.2) is 0 Å². The number of hydrogen-bond acceptors (Lipinski definition) is 6. The molecule has 0 unspecified atom stereocenters. The predicted molar refractivity (Wildman–Crippen MR) is 133 cm³/mol. The number of carbonyl (C=O) groups is 2. The Hall–Kier alpha value is -3.26. The van der Waals surface area contributed by atoms with Gasteiger partial charge >= 0.3 is 0 Å². The van der Waals surface area contributed by atoms with Crippen molar-refractivity contribution in [1.29, 1.82) is 0 Å². The molecular formula is C27H34N4O4. The molecule has 2 amide bonds. The molecule has 0 fully saturated rings. The van der Waals surface area contributed by atoms with E-state index in [9.17, 15) is 14.7 Å². The van der Waals surface area contributed by atoms with E-state index in [2.05, 4.69) is 16.0 Å². The van der Waals surface area contributed by atoms with Gasteiger partial charge in [-0.2, -0.15) is 0 Å². The maximum atomic E-state index is 13.5. The van der Waals surface area contributed by atoms with Crippen LogP contribution < -0.4 is 4.74 Å². The van der Waals surface area contributed by atoms with Crippen LogP contribution in [0.15, 0.2) is 42.9 Å². The molecule has 8 nitrogen and oxygen atoms in total. The van der Waals surface area contributed by atoms with Crippen molar-refractivity contribution in [3.63, 3.8) is 0 Å². The van der Waals surface area contributed by atoms with Crippen LogP contribution in [0, 0.1) is 5.92 Å². The van der Waals surface area contributed by atoms with Crippen molar-refractivity contribution < 1.29 is 19.4 Å². The van der Waals surface area contributed by atoms with Gasteiger partial charge in [0.25, 0.3) is 5.91 Å². The summed E-state index contributed by atoms with van der Waals surface area (Å²) in [6, 6.07) is 5.18. The summed E-state index contributed by atoms with van der Waals surface area (Å²) in [6.45, 7) is 4.46. The van der Waals surface area contributed by atoms with Gasteiger partial charge in [0.1, 0.15) is 11.7 Å². The van der Waals surface area contributed by atoms with Gasteiger partial charge in [0.05, 0.1) is 25.6 Å². The van der Waals surface area contributed by atoms with Crippen molar-refractivity contribution >= 4 is 17.4 Å². The van der Waals surface area contributed by atoms with Crippen LogP contribution in [0.1, 0.15) is 54.6 Å². The van der Waals surface area contributed by atoms with Crippen LogP contribution in [0.25, 0.3) is 5.57 Å². The molecule has 1 aliphatic heterocycles. The van der Waals surface area contributed by atoms with Gasteiger partial charge in [-0.05, 0) is 61.1 Å². The van der Waals surface area contributed by atoms with E-state index in [0.29, 0.717) is 18.7 Å². The zero-order chi connectivity index (χ0) is 24.9. The van der Waals surface area contributed by atoms with Gasteiger partial charge in [0.2, 0.25) is 11.8 Å². The Morgan fingerprint density at radius 2 is 2.11 bits per heavy atom. The lowest BCUT2D eigenvalue weighted by atomic mass is 9.99. The second-order valence-corrected chi connectivity index (χ2v) is 9.63. The van der Waals surface area contributed by atoms with Crippen molar-refractivity contribution in [2.45, 2.75) is 51.7 Å². The summed E-state index contributed by atoms with van der Waals surface area (Å²) in [5.41, 5.74) is 3.43. The average Bonchev–Trinajstić information content (AvgIpc) is 3.41. The molecule has 3 heterocycles. The van der Waals surface area contributed by atoms with Gasteiger partial charge in [0, 0.05) is 38.1 Å². The highest BCUT2D eigenvalue weighted by Crippen LogP contribution is 2.32. The third kappa shape index (κ3) is 5.70. The molecule has 0 saturated carbocycles. The first-order chi connectivity index (χ1) is 16.9. The minimum Gasteiger partial charge on any atom is -0.472 e. The Balaban J connectivity index is 1.60. The molecule has 186 valence electrons. The van der Waals surface area contributed by atoms with E-state index in [1.807, 2.05) is 32.0 Å². The Labute approximate surface area is 206 Å². The zero-order valence-corrected chi connectivity index (χ0v) is 20.7. The number of likely N-dealkylation sites (N-methyl/N-ethyl adjacent to an activating group) is 1. The monoisotopic (exact) mass is 478 g/mol. The quantitative estimate of drug-likeness (QED) is 0.657. The number of amides is 2. The molecule has 1 aliphatic carbocycles. The fourth-order valence-corrected chi connectivity index (χ4v) is 4.61. The van der Waals surface area contributed by atoms with Crippen molar-refractivity contribution in [1.82, 2.24) is 19.8 Å². The van der Waals surface area contributed by atoms with Crippen molar-refractivity contribution in [2.75, 3.05) is 26.7 Å². The maximum Gasteiger partial charge on any atom is 0.259 e. The third-order valence-electron chi connectivity index (χ3n) is 6.92. The van der Waals surface area contributed by atoms with Crippen molar-refractivity contribution in [3.8, 4) is 5.88 Å². The topological polar surface area (TPSA) is 95.9 Å². The molecular weight excluding hydrogens is 444 g/mol. The number of allylic oxidation sites excluding steroid dienone is 2. The van der Waals surface area contributed by atoms with Gasteiger partial charge in [-0.3, -0.25) is 14.6 Å². The molecule has 2 aliphatic rings. The Bertz CT molecular complexity index is 1090. The highest BCUT2D eigenvalue weighted by Gasteiger charge is 2.35. The lowest BCUT2D eigenvalue weighted by Gasteiger charge is -2.37. The van der Waals surface area contributed by atoms with E-state index in [0.717, 1.165) is 30.4 Å². The first-order valence-electron chi connectivity index (χ1n) is 12.3. The lowest BCUT2D eigenvalue weighted by Crippen LogP contribution is -2.50. The number of fused-ring (bicyclic) bond motifs is 1. The van der Waals surface area contributed by atoms with Gasteiger partial charge < -0.3 is 19.6 Å².